The standard InChI is InChI=1S/C18H19FN6O/c1-2-6-21-17(26)18(4-5-18)25-14-3-7-20-16(24-14)13-10-23-15-12(13)8-11(19)9-22-15/h3,7-10H,2,4-6H2,1H3,(H,21,26)(H,22,23)(H,20,24,25). The number of rotatable bonds is 6. The van der Waals surface area contributed by atoms with E-state index in [9.17, 15) is 9.18 Å². The minimum atomic E-state index is -0.589. The molecule has 1 aliphatic rings. The molecule has 0 atom stereocenters. The van der Waals surface area contributed by atoms with Crippen molar-refractivity contribution in [2.75, 3.05) is 11.9 Å². The Hall–Kier alpha value is -3.03. The summed E-state index contributed by atoms with van der Waals surface area (Å²) in [6.07, 6.45) is 6.92. The molecule has 134 valence electrons. The molecule has 0 aliphatic heterocycles. The number of nitrogens with zero attached hydrogens (tertiary/aromatic N) is 3. The van der Waals surface area contributed by atoms with E-state index in [0.29, 0.717) is 34.8 Å². The maximum Gasteiger partial charge on any atom is 0.245 e. The highest BCUT2D eigenvalue weighted by molar-refractivity contribution is 5.93. The summed E-state index contributed by atoms with van der Waals surface area (Å²) in [5.74, 6) is 0.589. The van der Waals surface area contributed by atoms with Gasteiger partial charge in [-0.3, -0.25) is 4.79 Å². The van der Waals surface area contributed by atoms with Crippen LogP contribution in [0.2, 0.25) is 0 Å². The zero-order valence-electron chi connectivity index (χ0n) is 14.3. The van der Waals surface area contributed by atoms with Gasteiger partial charge in [-0.25, -0.2) is 19.3 Å². The first-order valence-electron chi connectivity index (χ1n) is 8.64. The third-order valence-corrected chi connectivity index (χ3v) is 4.48. The van der Waals surface area contributed by atoms with Gasteiger partial charge in [0, 0.05) is 29.9 Å². The van der Waals surface area contributed by atoms with Crippen LogP contribution in [-0.4, -0.2) is 37.9 Å². The second-order valence-corrected chi connectivity index (χ2v) is 6.48. The van der Waals surface area contributed by atoms with Gasteiger partial charge >= 0.3 is 0 Å². The van der Waals surface area contributed by atoms with Gasteiger partial charge < -0.3 is 15.6 Å². The Labute approximate surface area is 149 Å². The Morgan fingerprint density at radius 3 is 3.00 bits per heavy atom. The number of aromatic nitrogens is 4. The molecule has 1 amide bonds. The van der Waals surface area contributed by atoms with Gasteiger partial charge in [0.15, 0.2) is 5.82 Å². The van der Waals surface area contributed by atoms with Crippen LogP contribution in [0.25, 0.3) is 22.4 Å². The van der Waals surface area contributed by atoms with E-state index < -0.39 is 11.4 Å². The number of amides is 1. The van der Waals surface area contributed by atoms with Gasteiger partial charge in [-0.1, -0.05) is 6.92 Å². The molecule has 3 aromatic heterocycles. The number of aromatic amines is 1. The van der Waals surface area contributed by atoms with Crippen LogP contribution in [0, 0.1) is 5.82 Å². The summed E-state index contributed by atoms with van der Waals surface area (Å²) < 4.78 is 13.5. The van der Waals surface area contributed by atoms with Crippen molar-refractivity contribution in [3.63, 3.8) is 0 Å². The molecule has 0 aromatic carbocycles. The van der Waals surface area contributed by atoms with E-state index in [1.165, 1.54) is 6.07 Å². The molecule has 3 N–H and O–H groups in total. The second kappa shape index (κ2) is 6.36. The summed E-state index contributed by atoms with van der Waals surface area (Å²) in [6, 6.07) is 3.13. The fraction of sp³-hybridized carbons (Fsp3) is 0.333. The number of carbonyl (C=O) groups is 1. The molecule has 0 unspecified atom stereocenters. The molecule has 1 aliphatic carbocycles. The third-order valence-electron chi connectivity index (χ3n) is 4.48. The fourth-order valence-corrected chi connectivity index (χ4v) is 2.91. The van der Waals surface area contributed by atoms with E-state index in [1.807, 2.05) is 6.92 Å². The van der Waals surface area contributed by atoms with Crippen LogP contribution in [0.15, 0.2) is 30.7 Å². The van der Waals surface area contributed by atoms with Gasteiger partial charge in [0.25, 0.3) is 0 Å². The van der Waals surface area contributed by atoms with Crippen molar-refractivity contribution in [1.82, 2.24) is 25.3 Å². The largest absolute Gasteiger partial charge is 0.356 e. The van der Waals surface area contributed by atoms with E-state index >= 15 is 0 Å². The molecule has 4 rings (SSSR count). The Morgan fingerprint density at radius 1 is 1.38 bits per heavy atom. The molecule has 0 bridgehead atoms. The number of hydrogen-bond donors (Lipinski definition) is 3. The van der Waals surface area contributed by atoms with Gasteiger partial charge in [-0.05, 0) is 31.4 Å². The minimum Gasteiger partial charge on any atom is -0.356 e. The first-order chi connectivity index (χ1) is 12.6. The van der Waals surface area contributed by atoms with Crippen molar-refractivity contribution in [2.45, 2.75) is 31.7 Å². The zero-order chi connectivity index (χ0) is 18.1. The lowest BCUT2D eigenvalue weighted by Gasteiger charge is -2.17. The van der Waals surface area contributed by atoms with Crippen LogP contribution in [0.3, 0.4) is 0 Å². The van der Waals surface area contributed by atoms with Crippen LogP contribution in [0.5, 0.6) is 0 Å². The first-order valence-corrected chi connectivity index (χ1v) is 8.64. The Bertz CT molecular complexity index is 965. The molecule has 0 saturated heterocycles. The lowest BCUT2D eigenvalue weighted by molar-refractivity contribution is -0.122. The number of halogens is 1. The zero-order valence-corrected chi connectivity index (χ0v) is 14.3. The highest BCUT2D eigenvalue weighted by Gasteiger charge is 2.50. The summed E-state index contributed by atoms with van der Waals surface area (Å²) in [6.45, 7) is 2.67. The van der Waals surface area contributed by atoms with E-state index in [0.717, 1.165) is 25.5 Å². The van der Waals surface area contributed by atoms with E-state index in [2.05, 4.69) is 30.6 Å². The average Bonchev–Trinajstić information content (AvgIpc) is 3.30. The summed E-state index contributed by atoms with van der Waals surface area (Å²) in [4.78, 5) is 28.1. The summed E-state index contributed by atoms with van der Waals surface area (Å²) in [5.41, 5.74) is 0.645. The predicted molar refractivity (Wildman–Crippen MR) is 96.0 cm³/mol. The van der Waals surface area contributed by atoms with Gasteiger partial charge in [0.1, 0.15) is 22.8 Å². The number of nitrogens with one attached hydrogen (secondary N) is 3. The summed E-state index contributed by atoms with van der Waals surface area (Å²) >= 11 is 0. The number of H-pyrrole nitrogens is 1. The van der Waals surface area contributed by atoms with Crippen LogP contribution >= 0.6 is 0 Å². The maximum atomic E-state index is 13.5. The topological polar surface area (TPSA) is 95.6 Å². The maximum absolute atomic E-state index is 13.5. The number of pyridine rings is 1. The Balaban J connectivity index is 1.61. The molecule has 26 heavy (non-hydrogen) atoms. The van der Waals surface area contributed by atoms with Crippen LogP contribution in [-0.2, 0) is 4.79 Å². The van der Waals surface area contributed by atoms with Gasteiger partial charge in [0.05, 0.1) is 6.20 Å². The molecule has 3 heterocycles. The second-order valence-electron chi connectivity index (χ2n) is 6.48. The molecule has 1 fully saturated rings. The first kappa shape index (κ1) is 16.4. The van der Waals surface area contributed by atoms with Gasteiger partial charge in [0.2, 0.25) is 5.91 Å². The molecule has 3 aromatic rings. The smallest absolute Gasteiger partial charge is 0.245 e. The number of carbonyl (C=O) groups excluding carboxylic acids is 1. The monoisotopic (exact) mass is 354 g/mol. The van der Waals surface area contributed by atoms with Gasteiger partial charge in [-0.15, -0.1) is 0 Å². The SMILES string of the molecule is CCCNC(=O)C1(Nc2ccnc(-c3c[nH]c4ncc(F)cc34)n2)CC1. The van der Waals surface area contributed by atoms with Crippen LogP contribution < -0.4 is 10.6 Å². The minimum absolute atomic E-state index is 0.00197. The van der Waals surface area contributed by atoms with Crippen molar-refractivity contribution < 1.29 is 9.18 Å². The third kappa shape index (κ3) is 2.98. The molecular weight excluding hydrogens is 335 g/mol. The molecule has 0 radical (unpaired) electrons. The summed E-state index contributed by atoms with van der Waals surface area (Å²) in [5, 5.41) is 6.78. The molecule has 7 nitrogen and oxygen atoms in total. The normalized spacial score (nSPS) is 15.0. The van der Waals surface area contributed by atoms with Crippen LogP contribution in [0.4, 0.5) is 10.2 Å². The Kier molecular flexibility index (Phi) is 4.02. The molecule has 8 heteroatoms. The van der Waals surface area contributed by atoms with E-state index in [4.69, 9.17) is 0 Å². The van der Waals surface area contributed by atoms with Crippen molar-refractivity contribution >= 4 is 22.8 Å². The highest BCUT2D eigenvalue weighted by atomic mass is 19.1. The fourth-order valence-electron chi connectivity index (χ4n) is 2.91. The molecule has 0 spiro atoms. The average molecular weight is 354 g/mol. The highest BCUT2D eigenvalue weighted by Crippen LogP contribution is 2.39. The number of fused-ring (bicyclic) bond motifs is 1. The Morgan fingerprint density at radius 2 is 2.23 bits per heavy atom. The van der Waals surface area contributed by atoms with Crippen molar-refractivity contribution in [3.8, 4) is 11.4 Å². The van der Waals surface area contributed by atoms with Crippen molar-refractivity contribution in [1.29, 1.82) is 0 Å². The molecular formula is C18H19FN6O. The molecule has 1 saturated carbocycles. The van der Waals surface area contributed by atoms with Crippen molar-refractivity contribution in [3.05, 3.63) is 36.5 Å². The lowest BCUT2D eigenvalue weighted by atomic mass is 10.2. The lowest BCUT2D eigenvalue weighted by Crippen LogP contribution is -2.42. The quantitative estimate of drug-likeness (QED) is 0.632. The van der Waals surface area contributed by atoms with E-state index in [-0.39, 0.29) is 5.91 Å². The summed E-state index contributed by atoms with van der Waals surface area (Å²) in [7, 11) is 0. The predicted octanol–water partition coefficient (Wildman–Crippen LogP) is 2.63. The number of anilines is 1. The van der Waals surface area contributed by atoms with E-state index in [1.54, 1.807) is 18.5 Å². The van der Waals surface area contributed by atoms with Gasteiger partial charge in [-0.2, -0.15) is 0 Å². The van der Waals surface area contributed by atoms with Crippen molar-refractivity contribution in [2.24, 2.45) is 0 Å². The number of hydrogen-bond acceptors (Lipinski definition) is 5. The van der Waals surface area contributed by atoms with Crippen LogP contribution in [0.1, 0.15) is 26.2 Å².